The lowest BCUT2D eigenvalue weighted by molar-refractivity contribution is -0.384. The quantitative estimate of drug-likeness (QED) is 0.349. The number of nitrogens with zero attached hydrogens (tertiary/aromatic N) is 2. The number of anilines is 1. The summed E-state index contributed by atoms with van der Waals surface area (Å²) in [7, 11) is 0. The summed E-state index contributed by atoms with van der Waals surface area (Å²) >= 11 is 0. The molecule has 2 amide bonds. The van der Waals surface area contributed by atoms with Crippen LogP contribution in [0.25, 0.3) is 0 Å². The van der Waals surface area contributed by atoms with Crippen molar-refractivity contribution < 1.29 is 19.2 Å². The summed E-state index contributed by atoms with van der Waals surface area (Å²) in [6.45, 7) is 7.18. The Kier molecular flexibility index (Phi) is 7.99. The Balaban J connectivity index is 2.06. The van der Waals surface area contributed by atoms with Crippen molar-refractivity contribution in [3.8, 4) is 0 Å². The van der Waals surface area contributed by atoms with Gasteiger partial charge in [-0.15, -0.1) is 0 Å². The van der Waals surface area contributed by atoms with Crippen LogP contribution in [-0.4, -0.2) is 59.6 Å². The molecule has 10 nitrogen and oxygen atoms in total. The summed E-state index contributed by atoms with van der Waals surface area (Å²) in [6.07, 6.45) is 1.60. The third-order valence-corrected chi connectivity index (χ3v) is 4.57. The van der Waals surface area contributed by atoms with Crippen molar-refractivity contribution in [2.24, 2.45) is 5.73 Å². The molecule has 1 aliphatic rings. The Morgan fingerprint density at radius 1 is 1.37 bits per heavy atom. The molecule has 1 heterocycles. The highest BCUT2D eigenvalue weighted by molar-refractivity contribution is 5.96. The minimum absolute atomic E-state index is 0.154. The molecule has 2 rings (SSSR count). The number of benzene rings is 1. The summed E-state index contributed by atoms with van der Waals surface area (Å²) in [4.78, 5) is 37.5. The highest BCUT2D eigenvalue weighted by Gasteiger charge is 2.28. The fraction of sp³-hybridized carbons (Fsp3) is 0.600. The van der Waals surface area contributed by atoms with Crippen LogP contribution in [-0.2, 0) is 4.74 Å². The van der Waals surface area contributed by atoms with Crippen LogP contribution >= 0.6 is 0 Å². The van der Waals surface area contributed by atoms with Crippen molar-refractivity contribution in [3.05, 3.63) is 33.9 Å². The van der Waals surface area contributed by atoms with Crippen molar-refractivity contribution in [1.29, 1.82) is 0 Å². The molecule has 1 saturated heterocycles. The van der Waals surface area contributed by atoms with E-state index in [9.17, 15) is 19.7 Å². The minimum atomic E-state index is -0.604. The zero-order valence-electron chi connectivity index (χ0n) is 17.8. The van der Waals surface area contributed by atoms with Crippen molar-refractivity contribution >= 4 is 23.4 Å². The van der Waals surface area contributed by atoms with Gasteiger partial charge in [-0.05, 0) is 58.7 Å². The molecule has 10 heteroatoms. The van der Waals surface area contributed by atoms with Gasteiger partial charge in [0.25, 0.3) is 11.6 Å². The molecule has 1 aliphatic heterocycles. The Morgan fingerprint density at radius 2 is 2.10 bits per heavy atom. The van der Waals surface area contributed by atoms with E-state index in [1.165, 1.54) is 6.07 Å². The lowest BCUT2D eigenvalue weighted by Crippen LogP contribution is -2.50. The molecule has 4 N–H and O–H groups in total. The third-order valence-electron chi connectivity index (χ3n) is 4.57. The molecule has 0 aliphatic carbocycles. The van der Waals surface area contributed by atoms with E-state index in [0.717, 1.165) is 6.42 Å². The number of rotatable bonds is 7. The van der Waals surface area contributed by atoms with E-state index in [1.807, 2.05) is 0 Å². The van der Waals surface area contributed by atoms with Crippen LogP contribution in [0.1, 0.15) is 50.4 Å². The first-order valence-electron chi connectivity index (χ1n) is 10.1. The highest BCUT2D eigenvalue weighted by Crippen LogP contribution is 2.27. The number of ether oxygens (including phenoxy) is 1. The number of nitro benzene ring substituents is 1. The number of piperidine rings is 1. The lowest BCUT2D eigenvalue weighted by Gasteiger charge is -2.33. The predicted molar refractivity (Wildman–Crippen MR) is 114 cm³/mol. The standard InChI is InChI=1S/C20H31N5O5/c1-20(2,3)30-19(27)23-15-6-4-11-24(13-15)18(26)14-7-8-16(22-10-5-9-21)17(12-14)25(28)29/h7-8,12,15,22H,4-6,9-11,13,21H2,1-3H3,(H,23,27)/t15-/m1/s1. The van der Waals surface area contributed by atoms with Gasteiger partial charge >= 0.3 is 6.09 Å². The maximum atomic E-state index is 12.9. The summed E-state index contributed by atoms with van der Waals surface area (Å²) in [5, 5.41) is 17.2. The van der Waals surface area contributed by atoms with E-state index in [4.69, 9.17) is 10.5 Å². The summed E-state index contributed by atoms with van der Waals surface area (Å²) in [5.74, 6) is -0.303. The molecule has 0 bridgehead atoms. The van der Waals surface area contributed by atoms with Gasteiger partial charge in [-0.1, -0.05) is 0 Å². The first kappa shape index (κ1) is 23.4. The van der Waals surface area contributed by atoms with Crippen LogP contribution in [0.4, 0.5) is 16.2 Å². The third kappa shape index (κ3) is 6.87. The van der Waals surface area contributed by atoms with Crippen molar-refractivity contribution in [2.75, 3.05) is 31.5 Å². The number of amides is 2. The van der Waals surface area contributed by atoms with E-state index in [2.05, 4.69) is 10.6 Å². The van der Waals surface area contributed by atoms with Gasteiger partial charge in [-0.25, -0.2) is 4.79 Å². The van der Waals surface area contributed by atoms with Gasteiger partial charge in [0, 0.05) is 37.3 Å². The lowest BCUT2D eigenvalue weighted by atomic mass is 10.0. The van der Waals surface area contributed by atoms with Gasteiger partial charge in [0.2, 0.25) is 0 Å². The van der Waals surface area contributed by atoms with E-state index in [-0.39, 0.29) is 23.2 Å². The number of nitrogens with two attached hydrogens (primary N) is 1. The first-order valence-corrected chi connectivity index (χ1v) is 10.1. The van der Waals surface area contributed by atoms with Gasteiger partial charge in [0.15, 0.2) is 0 Å². The number of carbonyl (C=O) groups excluding carboxylic acids is 2. The fourth-order valence-electron chi connectivity index (χ4n) is 3.23. The molecule has 0 unspecified atom stereocenters. The number of carbonyl (C=O) groups is 2. The van der Waals surface area contributed by atoms with Crippen LogP contribution in [0.3, 0.4) is 0 Å². The van der Waals surface area contributed by atoms with Crippen molar-refractivity contribution in [3.63, 3.8) is 0 Å². The Bertz CT molecular complexity index is 777. The second-order valence-corrected chi connectivity index (χ2v) is 8.29. The fourth-order valence-corrected chi connectivity index (χ4v) is 3.23. The number of alkyl carbamates (subject to hydrolysis) is 1. The molecule has 0 aromatic heterocycles. The van der Waals surface area contributed by atoms with E-state index in [0.29, 0.717) is 44.7 Å². The SMILES string of the molecule is CC(C)(C)OC(=O)N[C@@H]1CCCN(C(=O)c2ccc(NCCCN)c([N+](=O)[O-])c2)C1. The normalized spacial score (nSPS) is 16.7. The number of hydrogen-bond acceptors (Lipinski definition) is 7. The molecule has 30 heavy (non-hydrogen) atoms. The second-order valence-electron chi connectivity index (χ2n) is 8.29. The average molecular weight is 421 g/mol. The smallest absolute Gasteiger partial charge is 0.407 e. The molecule has 1 atom stereocenters. The monoisotopic (exact) mass is 421 g/mol. The van der Waals surface area contributed by atoms with Crippen LogP contribution < -0.4 is 16.4 Å². The van der Waals surface area contributed by atoms with E-state index < -0.39 is 16.6 Å². The molecular formula is C20H31N5O5. The highest BCUT2D eigenvalue weighted by atomic mass is 16.6. The molecule has 1 fully saturated rings. The van der Waals surface area contributed by atoms with Crippen LogP contribution in [0.2, 0.25) is 0 Å². The average Bonchev–Trinajstić information content (AvgIpc) is 2.66. The number of nitro groups is 1. The Morgan fingerprint density at radius 3 is 2.73 bits per heavy atom. The summed E-state index contributed by atoms with van der Waals surface area (Å²) < 4.78 is 5.27. The number of nitrogens with one attached hydrogen (secondary N) is 2. The van der Waals surface area contributed by atoms with Gasteiger partial charge in [0.1, 0.15) is 11.3 Å². The van der Waals surface area contributed by atoms with Crippen molar-refractivity contribution in [2.45, 2.75) is 51.7 Å². The second kappa shape index (κ2) is 10.2. The summed E-state index contributed by atoms with van der Waals surface area (Å²) in [5.41, 5.74) is 5.29. The largest absolute Gasteiger partial charge is 0.444 e. The molecule has 1 aromatic carbocycles. The molecule has 0 spiro atoms. The molecule has 0 saturated carbocycles. The molecule has 1 aromatic rings. The van der Waals surface area contributed by atoms with Crippen LogP contribution in [0, 0.1) is 10.1 Å². The zero-order chi connectivity index (χ0) is 22.3. The van der Waals surface area contributed by atoms with Crippen molar-refractivity contribution in [1.82, 2.24) is 10.2 Å². The zero-order valence-corrected chi connectivity index (χ0v) is 17.8. The number of hydrogen-bond donors (Lipinski definition) is 3. The number of likely N-dealkylation sites (tertiary alicyclic amines) is 1. The predicted octanol–water partition coefficient (Wildman–Crippen LogP) is 2.48. The summed E-state index contributed by atoms with van der Waals surface area (Å²) in [6, 6.07) is 4.18. The topological polar surface area (TPSA) is 140 Å². The van der Waals surface area contributed by atoms with Crippen LogP contribution in [0.15, 0.2) is 18.2 Å². The molecule has 166 valence electrons. The van der Waals surface area contributed by atoms with Crippen LogP contribution in [0.5, 0.6) is 0 Å². The van der Waals surface area contributed by atoms with Gasteiger partial charge in [-0.3, -0.25) is 14.9 Å². The van der Waals surface area contributed by atoms with E-state index >= 15 is 0 Å². The van der Waals surface area contributed by atoms with Gasteiger partial charge < -0.3 is 26.0 Å². The Labute approximate surface area is 176 Å². The maximum Gasteiger partial charge on any atom is 0.407 e. The van der Waals surface area contributed by atoms with Gasteiger partial charge in [0.05, 0.1) is 4.92 Å². The Hall–Kier alpha value is -2.88. The van der Waals surface area contributed by atoms with E-state index in [1.54, 1.807) is 37.8 Å². The minimum Gasteiger partial charge on any atom is -0.444 e. The molecular weight excluding hydrogens is 390 g/mol. The first-order chi connectivity index (χ1) is 14.1. The maximum absolute atomic E-state index is 12.9. The molecule has 0 radical (unpaired) electrons. The van der Waals surface area contributed by atoms with Gasteiger partial charge in [-0.2, -0.15) is 0 Å².